The highest BCUT2D eigenvalue weighted by atomic mass is 16.5. The smallest absolute Gasteiger partial charge is 0.338 e. The molecule has 1 aliphatic heterocycles. The van der Waals surface area contributed by atoms with Crippen LogP contribution in [-0.4, -0.2) is 54.5 Å². The number of esters is 1. The van der Waals surface area contributed by atoms with Crippen LogP contribution in [0.3, 0.4) is 0 Å². The highest BCUT2D eigenvalue weighted by Gasteiger charge is 2.28. The summed E-state index contributed by atoms with van der Waals surface area (Å²) < 4.78 is 5.22. The van der Waals surface area contributed by atoms with Crippen molar-refractivity contribution in [3.8, 4) is 11.1 Å². The molecule has 0 bridgehead atoms. The summed E-state index contributed by atoms with van der Waals surface area (Å²) in [6, 6.07) is 16.0. The van der Waals surface area contributed by atoms with Gasteiger partial charge in [0.05, 0.1) is 18.1 Å². The van der Waals surface area contributed by atoms with Crippen molar-refractivity contribution in [2.45, 2.75) is 40.2 Å². The molecule has 1 atom stereocenters. The number of likely N-dealkylation sites (tertiary alicyclic amines) is 1. The number of carbonyl (C=O) groups excluding carboxylic acids is 2. The topological polar surface area (TPSA) is 49.9 Å². The van der Waals surface area contributed by atoms with Gasteiger partial charge in [-0.05, 0) is 69.0 Å². The van der Waals surface area contributed by atoms with Gasteiger partial charge in [-0.1, -0.05) is 36.4 Å². The number of amides is 1. The van der Waals surface area contributed by atoms with Crippen LogP contribution >= 0.6 is 0 Å². The fourth-order valence-corrected chi connectivity index (χ4v) is 4.40. The lowest BCUT2D eigenvalue weighted by Gasteiger charge is -2.35. The lowest BCUT2D eigenvalue weighted by Crippen LogP contribution is -2.44. The van der Waals surface area contributed by atoms with Crippen LogP contribution in [0.2, 0.25) is 0 Å². The molecule has 0 saturated carbocycles. The largest absolute Gasteiger partial charge is 0.462 e. The van der Waals surface area contributed by atoms with Crippen LogP contribution in [0.4, 0.5) is 0 Å². The van der Waals surface area contributed by atoms with Crippen molar-refractivity contribution in [1.82, 2.24) is 9.80 Å². The lowest BCUT2D eigenvalue weighted by molar-refractivity contribution is -0.137. The highest BCUT2D eigenvalue weighted by molar-refractivity contribution is 5.90. The van der Waals surface area contributed by atoms with Crippen molar-refractivity contribution >= 4 is 11.9 Å². The van der Waals surface area contributed by atoms with Gasteiger partial charge in [0.15, 0.2) is 0 Å². The molecule has 5 nitrogen and oxygen atoms in total. The predicted molar refractivity (Wildman–Crippen MR) is 124 cm³/mol. The first-order valence-electron chi connectivity index (χ1n) is 11.4. The van der Waals surface area contributed by atoms with E-state index in [-0.39, 0.29) is 17.8 Å². The third kappa shape index (κ3) is 5.73. The molecule has 0 aliphatic carbocycles. The molecular formula is C26H34N2O3. The van der Waals surface area contributed by atoms with Crippen molar-refractivity contribution < 1.29 is 14.3 Å². The van der Waals surface area contributed by atoms with Crippen molar-refractivity contribution in [1.29, 1.82) is 0 Å². The Labute approximate surface area is 186 Å². The Morgan fingerprint density at radius 2 is 1.81 bits per heavy atom. The molecule has 5 heteroatoms. The van der Waals surface area contributed by atoms with Crippen molar-refractivity contribution in [3.05, 3.63) is 59.7 Å². The van der Waals surface area contributed by atoms with Gasteiger partial charge in [-0.3, -0.25) is 9.69 Å². The summed E-state index contributed by atoms with van der Waals surface area (Å²) in [4.78, 5) is 29.5. The fourth-order valence-electron chi connectivity index (χ4n) is 4.40. The van der Waals surface area contributed by atoms with Gasteiger partial charge in [0.25, 0.3) is 0 Å². The molecule has 1 saturated heterocycles. The van der Waals surface area contributed by atoms with Gasteiger partial charge in [-0.25, -0.2) is 4.79 Å². The van der Waals surface area contributed by atoms with Gasteiger partial charge < -0.3 is 9.64 Å². The monoisotopic (exact) mass is 422 g/mol. The maximum atomic E-state index is 12.9. The first kappa shape index (κ1) is 23.0. The van der Waals surface area contributed by atoms with E-state index in [1.807, 2.05) is 62.1 Å². The zero-order chi connectivity index (χ0) is 22.2. The minimum Gasteiger partial charge on any atom is -0.462 e. The van der Waals surface area contributed by atoms with E-state index in [9.17, 15) is 9.59 Å². The summed E-state index contributed by atoms with van der Waals surface area (Å²) in [5.41, 5.74) is 3.91. The second kappa shape index (κ2) is 11.1. The summed E-state index contributed by atoms with van der Waals surface area (Å²) in [6.07, 6.45) is 1.95. The number of hydrogen-bond donors (Lipinski definition) is 0. The van der Waals surface area contributed by atoms with E-state index >= 15 is 0 Å². The second-order valence-corrected chi connectivity index (χ2v) is 8.04. The highest BCUT2D eigenvalue weighted by Crippen LogP contribution is 2.28. The van der Waals surface area contributed by atoms with Crippen LogP contribution < -0.4 is 0 Å². The van der Waals surface area contributed by atoms with E-state index in [1.165, 1.54) is 0 Å². The van der Waals surface area contributed by atoms with Crippen LogP contribution in [0.25, 0.3) is 11.1 Å². The zero-order valence-corrected chi connectivity index (χ0v) is 19.0. The van der Waals surface area contributed by atoms with Crippen molar-refractivity contribution in [2.75, 3.05) is 32.8 Å². The van der Waals surface area contributed by atoms with Crippen LogP contribution in [0, 0.1) is 5.92 Å². The van der Waals surface area contributed by atoms with Crippen LogP contribution in [-0.2, 0) is 16.1 Å². The van der Waals surface area contributed by atoms with Crippen molar-refractivity contribution in [3.63, 3.8) is 0 Å². The molecule has 2 aromatic carbocycles. The summed E-state index contributed by atoms with van der Waals surface area (Å²) in [5, 5.41) is 0. The Balaban J connectivity index is 1.85. The maximum Gasteiger partial charge on any atom is 0.338 e. The van der Waals surface area contributed by atoms with Gasteiger partial charge in [0.2, 0.25) is 5.91 Å². The molecule has 1 aliphatic rings. The molecule has 0 aromatic heterocycles. The first-order valence-corrected chi connectivity index (χ1v) is 11.4. The number of hydrogen-bond acceptors (Lipinski definition) is 4. The molecule has 31 heavy (non-hydrogen) atoms. The molecule has 1 unspecified atom stereocenters. The Morgan fingerprint density at radius 3 is 2.48 bits per heavy atom. The average Bonchev–Trinajstić information content (AvgIpc) is 2.80. The maximum absolute atomic E-state index is 12.9. The molecule has 166 valence electrons. The Hall–Kier alpha value is -2.66. The molecule has 3 rings (SSSR count). The Morgan fingerprint density at radius 1 is 1.06 bits per heavy atom. The molecule has 0 N–H and O–H groups in total. The summed E-state index contributed by atoms with van der Waals surface area (Å²) in [5.74, 6) is 0.0110. The molecule has 1 fully saturated rings. The predicted octanol–water partition coefficient (Wildman–Crippen LogP) is 4.61. The van der Waals surface area contributed by atoms with E-state index in [0.29, 0.717) is 18.7 Å². The van der Waals surface area contributed by atoms with Crippen LogP contribution in [0.5, 0.6) is 0 Å². The number of rotatable bonds is 8. The van der Waals surface area contributed by atoms with Crippen molar-refractivity contribution in [2.24, 2.45) is 5.92 Å². The number of ether oxygens (including phenoxy) is 1. The quantitative estimate of drug-likeness (QED) is 0.583. The minimum absolute atomic E-state index is 0.0436. The van der Waals surface area contributed by atoms with E-state index in [0.717, 1.165) is 55.7 Å². The Kier molecular flexibility index (Phi) is 8.24. The van der Waals surface area contributed by atoms with Gasteiger partial charge in [0, 0.05) is 26.2 Å². The van der Waals surface area contributed by atoms with Gasteiger partial charge in [0.1, 0.15) is 0 Å². The normalized spacial score (nSPS) is 16.7. The van der Waals surface area contributed by atoms with E-state index in [1.54, 1.807) is 0 Å². The molecule has 0 spiro atoms. The summed E-state index contributed by atoms with van der Waals surface area (Å²) in [6.45, 7) is 10.2. The molecule has 0 radical (unpaired) electrons. The molecule has 1 heterocycles. The van der Waals surface area contributed by atoms with Crippen LogP contribution in [0.1, 0.15) is 49.5 Å². The SMILES string of the molecule is CCOC(=O)c1ccc(-c2ccccc2)c(CN2CCCC(C(=O)N(CC)CC)C2)c1. The van der Waals surface area contributed by atoms with Gasteiger partial charge in [-0.2, -0.15) is 0 Å². The third-order valence-corrected chi connectivity index (χ3v) is 6.02. The van der Waals surface area contributed by atoms with Crippen LogP contribution in [0.15, 0.2) is 48.5 Å². The number of carbonyl (C=O) groups is 2. The number of nitrogens with zero attached hydrogens (tertiary/aromatic N) is 2. The first-order chi connectivity index (χ1) is 15.1. The Bertz CT molecular complexity index is 877. The molecular weight excluding hydrogens is 388 g/mol. The van der Waals surface area contributed by atoms with E-state index < -0.39 is 0 Å². The lowest BCUT2D eigenvalue weighted by atomic mass is 9.93. The average molecular weight is 423 g/mol. The third-order valence-electron chi connectivity index (χ3n) is 6.02. The molecule has 1 amide bonds. The second-order valence-electron chi connectivity index (χ2n) is 8.04. The zero-order valence-electron chi connectivity index (χ0n) is 19.0. The number of benzene rings is 2. The fraction of sp³-hybridized carbons (Fsp3) is 0.462. The molecule has 2 aromatic rings. The van der Waals surface area contributed by atoms with Gasteiger partial charge in [-0.15, -0.1) is 0 Å². The standard InChI is InChI=1S/C26H34N2O3/c1-4-28(5-2)25(29)22-13-10-16-27(18-22)19-23-17-21(26(30)31-6-3)14-15-24(23)20-11-8-7-9-12-20/h7-9,11-12,14-15,17,22H,4-6,10,13,16,18-19H2,1-3H3. The minimum atomic E-state index is -0.295. The van der Waals surface area contributed by atoms with E-state index in [4.69, 9.17) is 4.74 Å². The summed E-state index contributed by atoms with van der Waals surface area (Å²) >= 11 is 0. The van der Waals surface area contributed by atoms with Gasteiger partial charge >= 0.3 is 5.97 Å². The number of piperidine rings is 1. The summed E-state index contributed by atoms with van der Waals surface area (Å²) in [7, 11) is 0. The van der Waals surface area contributed by atoms with E-state index in [2.05, 4.69) is 17.0 Å².